The van der Waals surface area contributed by atoms with Gasteiger partial charge in [-0.3, -0.25) is 0 Å². The van der Waals surface area contributed by atoms with Gasteiger partial charge in [-0.05, 0) is 30.5 Å². The number of anilines is 1. The third-order valence-electron chi connectivity index (χ3n) is 3.55. The smallest absolute Gasteiger partial charge is 0.116 e. The Bertz CT molecular complexity index is 567. The second-order valence-corrected chi connectivity index (χ2v) is 4.98. The lowest BCUT2D eigenvalue weighted by atomic mass is 10.1. The zero-order valence-corrected chi connectivity index (χ0v) is 10.6. The van der Waals surface area contributed by atoms with Gasteiger partial charge in [0, 0.05) is 36.7 Å². The molecule has 1 aliphatic heterocycles. The van der Waals surface area contributed by atoms with E-state index in [4.69, 9.17) is 0 Å². The van der Waals surface area contributed by atoms with Gasteiger partial charge in [0.2, 0.25) is 0 Å². The topological polar surface area (TPSA) is 35.5 Å². The Morgan fingerprint density at radius 2 is 2.17 bits per heavy atom. The number of fused-ring (bicyclic) bond motifs is 1. The zero-order valence-electron chi connectivity index (χ0n) is 10.6. The summed E-state index contributed by atoms with van der Waals surface area (Å²) >= 11 is 0. The van der Waals surface area contributed by atoms with Gasteiger partial charge in [0.05, 0.1) is 0 Å². The third kappa shape index (κ3) is 2.02. The molecule has 0 bridgehead atoms. The van der Waals surface area contributed by atoms with Crippen LogP contribution in [0.25, 0.3) is 10.8 Å². The van der Waals surface area contributed by atoms with E-state index in [0.29, 0.717) is 11.8 Å². The molecule has 2 aromatic carbocycles. The van der Waals surface area contributed by atoms with Crippen molar-refractivity contribution in [3.8, 4) is 5.75 Å². The van der Waals surface area contributed by atoms with Crippen LogP contribution in [-0.4, -0.2) is 30.8 Å². The maximum absolute atomic E-state index is 9.67. The molecule has 3 nitrogen and oxygen atoms in total. The maximum Gasteiger partial charge on any atom is 0.116 e. The molecule has 0 aromatic heterocycles. The number of piperazine rings is 1. The molecule has 18 heavy (non-hydrogen) atoms. The molecule has 0 aliphatic carbocycles. The molecule has 1 unspecified atom stereocenters. The molecule has 1 heterocycles. The van der Waals surface area contributed by atoms with Crippen LogP contribution in [-0.2, 0) is 0 Å². The van der Waals surface area contributed by atoms with Gasteiger partial charge in [-0.25, -0.2) is 0 Å². The third-order valence-corrected chi connectivity index (χ3v) is 3.55. The summed E-state index contributed by atoms with van der Waals surface area (Å²) < 4.78 is 0. The van der Waals surface area contributed by atoms with Crippen molar-refractivity contribution < 1.29 is 5.11 Å². The predicted octanol–water partition coefficient (Wildman–Crippen LogP) is 2.34. The van der Waals surface area contributed by atoms with E-state index in [1.807, 2.05) is 12.1 Å². The molecule has 3 heteroatoms. The monoisotopic (exact) mass is 242 g/mol. The summed E-state index contributed by atoms with van der Waals surface area (Å²) in [6, 6.07) is 12.4. The van der Waals surface area contributed by atoms with Crippen molar-refractivity contribution in [2.24, 2.45) is 0 Å². The maximum atomic E-state index is 9.67. The fourth-order valence-electron chi connectivity index (χ4n) is 2.67. The van der Waals surface area contributed by atoms with E-state index in [-0.39, 0.29) is 0 Å². The summed E-state index contributed by atoms with van der Waals surface area (Å²) in [5, 5.41) is 15.4. The van der Waals surface area contributed by atoms with Crippen molar-refractivity contribution in [3.63, 3.8) is 0 Å². The SMILES string of the molecule is CC1CN(c2cccc3ccc(O)cc23)CCN1. The molecule has 0 amide bonds. The molecule has 1 aliphatic rings. The first-order valence-corrected chi connectivity index (χ1v) is 6.44. The highest BCUT2D eigenvalue weighted by atomic mass is 16.3. The van der Waals surface area contributed by atoms with Crippen molar-refractivity contribution in [1.82, 2.24) is 5.32 Å². The van der Waals surface area contributed by atoms with Gasteiger partial charge in [-0.15, -0.1) is 0 Å². The Morgan fingerprint density at radius 1 is 1.28 bits per heavy atom. The van der Waals surface area contributed by atoms with Crippen LogP contribution < -0.4 is 10.2 Å². The van der Waals surface area contributed by atoms with E-state index in [9.17, 15) is 5.11 Å². The molecule has 2 aromatic rings. The van der Waals surface area contributed by atoms with Gasteiger partial charge < -0.3 is 15.3 Å². The van der Waals surface area contributed by atoms with Crippen molar-refractivity contribution in [2.75, 3.05) is 24.5 Å². The van der Waals surface area contributed by atoms with E-state index in [2.05, 4.69) is 35.3 Å². The largest absolute Gasteiger partial charge is 0.508 e. The molecule has 0 saturated carbocycles. The van der Waals surface area contributed by atoms with E-state index >= 15 is 0 Å². The molecule has 1 fully saturated rings. The Kier molecular flexibility index (Phi) is 2.84. The quantitative estimate of drug-likeness (QED) is 0.805. The normalized spacial score (nSPS) is 20.3. The van der Waals surface area contributed by atoms with Crippen LogP contribution >= 0.6 is 0 Å². The number of rotatable bonds is 1. The fraction of sp³-hybridized carbons (Fsp3) is 0.333. The summed E-state index contributed by atoms with van der Waals surface area (Å²) in [5.74, 6) is 0.332. The molecule has 0 spiro atoms. The first kappa shape index (κ1) is 11.4. The molecule has 3 rings (SSSR count). The number of hydrogen-bond donors (Lipinski definition) is 2. The van der Waals surface area contributed by atoms with E-state index < -0.39 is 0 Å². The lowest BCUT2D eigenvalue weighted by Gasteiger charge is -2.34. The van der Waals surface area contributed by atoms with Gasteiger partial charge in [0.1, 0.15) is 5.75 Å². The van der Waals surface area contributed by atoms with Gasteiger partial charge >= 0.3 is 0 Å². The minimum absolute atomic E-state index is 0.332. The first-order chi connectivity index (χ1) is 8.74. The fourth-order valence-corrected chi connectivity index (χ4v) is 2.67. The highest BCUT2D eigenvalue weighted by Crippen LogP contribution is 2.30. The lowest BCUT2D eigenvalue weighted by molar-refractivity contribution is 0.476. The standard InChI is InChI=1S/C15H18N2O/c1-11-10-17(8-7-16-11)15-4-2-3-12-5-6-13(18)9-14(12)15/h2-6,9,11,16,18H,7-8,10H2,1H3. The summed E-state index contributed by atoms with van der Waals surface area (Å²) in [5.41, 5.74) is 1.22. The summed E-state index contributed by atoms with van der Waals surface area (Å²) in [4.78, 5) is 2.39. The highest BCUT2D eigenvalue weighted by Gasteiger charge is 2.17. The van der Waals surface area contributed by atoms with Crippen molar-refractivity contribution in [3.05, 3.63) is 36.4 Å². The Hall–Kier alpha value is -1.74. The molecular weight excluding hydrogens is 224 g/mol. The van der Waals surface area contributed by atoms with Crippen LogP contribution in [0.2, 0.25) is 0 Å². The van der Waals surface area contributed by atoms with Crippen molar-refractivity contribution >= 4 is 16.5 Å². The Balaban J connectivity index is 2.07. The van der Waals surface area contributed by atoms with Gasteiger partial charge in [0.25, 0.3) is 0 Å². The predicted molar refractivity (Wildman–Crippen MR) is 75.3 cm³/mol. The van der Waals surface area contributed by atoms with Crippen LogP contribution in [0.4, 0.5) is 5.69 Å². The molecule has 1 saturated heterocycles. The number of nitrogens with one attached hydrogen (secondary N) is 1. The highest BCUT2D eigenvalue weighted by molar-refractivity contribution is 5.95. The van der Waals surface area contributed by atoms with Crippen LogP contribution in [0.5, 0.6) is 5.75 Å². The number of benzene rings is 2. The van der Waals surface area contributed by atoms with Crippen LogP contribution in [0.15, 0.2) is 36.4 Å². The van der Waals surface area contributed by atoms with Crippen molar-refractivity contribution in [2.45, 2.75) is 13.0 Å². The average molecular weight is 242 g/mol. The summed E-state index contributed by atoms with van der Waals surface area (Å²) in [6.07, 6.45) is 0. The van der Waals surface area contributed by atoms with Crippen LogP contribution in [0.3, 0.4) is 0 Å². The number of phenolic OH excluding ortho intramolecular Hbond substituents is 1. The summed E-state index contributed by atoms with van der Waals surface area (Å²) in [7, 11) is 0. The van der Waals surface area contributed by atoms with E-state index in [0.717, 1.165) is 25.0 Å². The van der Waals surface area contributed by atoms with Gasteiger partial charge in [0.15, 0.2) is 0 Å². The molecular formula is C15H18N2O. The van der Waals surface area contributed by atoms with Crippen LogP contribution in [0.1, 0.15) is 6.92 Å². The number of aromatic hydroxyl groups is 1. The summed E-state index contributed by atoms with van der Waals surface area (Å²) in [6.45, 7) is 5.24. The van der Waals surface area contributed by atoms with Gasteiger partial charge in [-0.1, -0.05) is 18.2 Å². The van der Waals surface area contributed by atoms with Crippen LogP contribution in [0, 0.1) is 0 Å². The van der Waals surface area contributed by atoms with Gasteiger partial charge in [-0.2, -0.15) is 0 Å². The number of hydrogen-bond acceptors (Lipinski definition) is 3. The first-order valence-electron chi connectivity index (χ1n) is 6.44. The molecule has 94 valence electrons. The molecule has 1 atom stereocenters. The number of nitrogens with zero attached hydrogens (tertiary/aromatic N) is 1. The van der Waals surface area contributed by atoms with E-state index in [1.54, 1.807) is 6.07 Å². The zero-order chi connectivity index (χ0) is 12.5. The minimum atomic E-state index is 0.332. The van der Waals surface area contributed by atoms with E-state index in [1.165, 1.54) is 11.1 Å². The van der Waals surface area contributed by atoms with Crippen molar-refractivity contribution in [1.29, 1.82) is 0 Å². The second kappa shape index (κ2) is 4.50. The Labute approximate surface area is 107 Å². The molecule has 2 N–H and O–H groups in total. The Morgan fingerprint density at radius 3 is 3.00 bits per heavy atom. The molecule has 0 radical (unpaired) electrons. The second-order valence-electron chi connectivity index (χ2n) is 4.98. The average Bonchev–Trinajstić information content (AvgIpc) is 2.38. The minimum Gasteiger partial charge on any atom is -0.508 e. The number of phenols is 1. The lowest BCUT2D eigenvalue weighted by Crippen LogP contribution is -2.49.